The third kappa shape index (κ3) is 2.77. The summed E-state index contributed by atoms with van der Waals surface area (Å²) in [6, 6.07) is 9.21. The first-order valence-electron chi connectivity index (χ1n) is 6.06. The maximum Gasteiger partial charge on any atom is 0.251 e. The number of hydrogen-bond donors (Lipinski definition) is 1. The van der Waals surface area contributed by atoms with Gasteiger partial charge in [-0.3, -0.25) is 4.79 Å². The summed E-state index contributed by atoms with van der Waals surface area (Å²) >= 11 is 0. The van der Waals surface area contributed by atoms with E-state index in [0.29, 0.717) is 6.54 Å². The van der Waals surface area contributed by atoms with E-state index in [1.54, 1.807) is 22.9 Å². The Morgan fingerprint density at radius 3 is 2.89 bits per heavy atom. The molecule has 1 N–H and O–H groups in total. The Bertz CT molecular complexity index is 590. The molecular weight excluding hydrogens is 226 g/mol. The van der Waals surface area contributed by atoms with Gasteiger partial charge >= 0.3 is 0 Å². The molecule has 0 amide bonds. The first kappa shape index (κ1) is 12.4. The highest BCUT2D eigenvalue weighted by Gasteiger charge is 2.02. The van der Waals surface area contributed by atoms with E-state index in [1.165, 1.54) is 0 Å². The van der Waals surface area contributed by atoms with E-state index in [9.17, 15) is 4.79 Å². The molecule has 0 bridgehead atoms. The van der Waals surface area contributed by atoms with E-state index in [2.05, 4.69) is 10.3 Å². The van der Waals surface area contributed by atoms with Crippen LogP contribution in [0, 0.1) is 6.92 Å². The lowest BCUT2D eigenvalue weighted by molar-refractivity contribution is 0.729. The Balaban J connectivity index is 2.28. The van der Waals surface area contributed by atoms with Crippen molar-refractivity contribution in [1.29, 1.82) is 0 Å². The Hall–Kier alpha value is -2.10. The van der Waals surface area contributed by atoms with Crippen molar-refractivity contribution < 1.29 is 0 Å². The summed E-state index contributed by atoms with van der Waals surface area (Å²) < 4.78 is 1.76. The van der Waals surface area contributed by atoms with Crippen molar-refractivity contribution in [3.63, 3.8) is 0 Å². The fourth-order valence-electron chi connectivity index (χ4n) is 1.86. The lowest BCUT2D eigenvalue weighted by atomic mass is 10.2. The average molecular weight is 243 g/mol. The van der Waals surface area contributed by atoms with Crippen LogP contribution in [0.4, 0.5) is 5.82 Å². The standard InChI is InChI=1S/C14H17N3O/c1-3-15-13-9-12(7-8-16-13)10-17-11(2)5-4-6-14(17)18/h4-9H,3,10H2,1-2H3,(H,15,16). The molecule has 0 fully saturated rings. The lowest BCUT2D eigenvalue weighted by Gasteiger charge is -2.10. The van der Waals surface area contributed by atoms with Crippen molar-refractivity contribution in [2.45, 2.75) is 20.4 Å². The molecule has 2 aromatic heterocycles. The molecule has 0 aliphatic carbocycles. The van der Waals surface area contributed by atoms with Gasteiger partial charge < -0.3 is 9.88 Å². The van der Waals surface area contributed by atoms with Crippen molar-refractivity contribution in [2.75, 3.05) is 11.9 Å². The van der Waals surface area contributed by atoms with Crippen LogP contribution in [0.2, 0.25) is 0 Å². The Morgan fingerprint density at radius 1 is 1.33 bits per heavy atom. The highest BCUT2D eigenvalue weighted by molar-refractivity contribution is 5.37. The Kier molecular flexibility index (Phi) is 3.77. The van der Waals surface area contributed by atoms with Crippen molar-refractivity contribution in [3.05, 3.63) is 58.1 Å². The molecule has 18 heavy (non-hydrogen) atoms. The highest BCUT2D eigenvalue weighted by atomic mass is 16.1. The average Bonchev–Trinajstić information content (AvgIpc) is 2.35. The molecule has 0 unspecified atom stereocenters. The van der Waals surface area contributed by atoms with Gasteiger partial charge in [0.25, 0.3) is 5.56 Å². The second-order valence-corrected chi connectivity index (χ2v) is 4.17. The molecule has 94 valence electrons. The largest absolute Gasteiger partial charge is 0.370 e. The minimum absolute atomic E-state index is 0.0248. The second-order valence-electron chi connectivity index (χ2n) is 4.17. The van der Waals surface area contributed by atoms with Crippen LogP contribution >= 0.6 is 0 Å². The molecule has 0 atom stereocenters. The third-order valence-electron chi connectivity index (χ3n) is 2.79. The number of nitrogens with zero attached hydrogens (tertiary/aromatic N) is 2. The van der Waals surface area contributed by atoms with Gasteiger partial charge in [0.2, 0.25) is 0 Å². The summed E-state index contributed by atoms with van der Waals surface area (Å²) in [5, 5.41) is 3.16. The van der Waals surface area contributed by atoms with Crippen LogP contribution in [0.5, 0.6) is 0 Å². The van der Waals surface area contributed by atoms with E-state index >= 15 is 0 Å². The number of anilines is 1. The number of rotatable bonds is 4. The van der Waals surface area contributed by atoms with E-state index < -0.39 is 0 Å². The summed E-state index contributed by atoms with van der Waals surface area (Å²) in [5.41, 5.74) is 2.05. The molecule has 0 radical (unpaired) electrons. The van der Waals surface area contributed by atoms with E-state index in [4.69, 9.17) is 0 Å². The monoisotopic (exact) mass is 243 g/mol. The van der Waals surface area contributed by atoms with Gasteiger partial charge in [-0.15, -0.1) is 0 Å². The molecule has 2 rings (SSSR count). The summed E-state index contributed by atoms with van der Waals surface area (Å²) in [6.45, 7) is 5.38. The minimum atomic E-state index is 0.0248. The first-order chi connectivity index (χ1) is 8.70. The van der Waals surface area contributed by atoms with Crippen LogP contribution in [-0.4, -0.2) is 16.1 Å². The fourth-order valence-corrected chi connectivity index (χ4v) is 1.86. The van der Waals surface area contributed by atoms with Crippen LogP contribution in [-0.2, 0) is 6.54 Å². The number of nitrogens with one attached hydrogen (secondary N) is 1. The third-order valence-corrected chi connectivity index (χ3v) is 2.79. The fraction of sp³-hybridized carbons (Fsp3) is 0.286. The molecule has 4 nitrogen and oxygen atoms in total. The van der Waals surface area contributed by atoms with Gasteiger partial charge in [-0.25, -0.2) is 4.98 Å². The number of aromatic nitrogens is 2. The number of aryl methyl sites for hydroxylation is 1. The van der Waals surface area contributed by atoms with Gasteiger partial charge in [-0.2, -0.15) is 0 Å². The van der Waals surface area contributed by atoms with Gasteiger partial charge in [-0.05, 0) is 37.6 Å². The zero-order valence-corrected chi connectivity index (χ0v) is 10.7. The topological polar surface area (TPSA) is 46.9 Å². The summed E-state index contributed by atoms with van der Waals surface area (Å²) in [5.74, 6) is 0.844. The van der Waals surface area contributed by atoms with Crippen LogP contribution in [0.3, 0.4) is 0 Å². The molecule has 0 spiro atoms. The lowest BCUT2D eigenvalue weighted by Crippen LogP contribution is -2.21. The SMILES string of the molecule is CCNc1cc(Cn2c(C)cccc2=O)ccn1. The van der Waals surface area contributed by atoms with Crippen LogP contribution in [0.1, 0.15) is 18.2 Å². The molecule has 0 aromatic carbocycles. The van der Waals surface area contributed by atoms with Crippen molar-refractivity contribution in [2.24, 2.45) is 0 Å². The normalized spacial score (nSPS) is 10.3. The van der Waals surface area contributed by atoms with Crippen LogP contribution in [0.25, 0.3) is 0 Å². The summed E-state index contributed by atoms with van der Waals surface area (Å²) in [6.07, 6.45) is 1.76. The zero-order chi connectivity index (χ0) is 13.0. The van der Waals surface area contributed by atoms with Gasteiger partial charge in [0.1, 0.15) is 5.82 Å². The van der Waals surface area contributed by atoms with Gasteiger partial charge in [0.15, 0.2) is 0 Å². The maximum absolute atomic E-state index is 11.8. The van der Waals surface area contributed by atoms with Gasteiger partial charge in [0, 0.05) is 24.5 Å². The Morgan fingerprint density at radius 2 is 2.17 bits per heavy atom. The Labute approximate surface area is 106 Å². The quantitative estimate of drug-likeness (QED) is 0.893. The smallest absolute Gasteiger partial charge is 0.251 e. The first-order valence-corrected chi connectivity index (χ1v) is 6.06. The minimum Gasteiger partial charge on any atom is -0.370 e. The van der Waals surface area contributed by atoms with Crippen molar-refractivity contribution in [1.82, 2.24) is 9.55 Å². The van der Waals surface area contributed by atoms with Crippen LogP contribution < -0.4 is 10.9 Å². The summed E-state index contributed by atoms with van der Waals surface area (Å²) in [7, 11) is 0. The van der Waals surface area contributed by atoms with Gasteiger partial charge in [0.05, 0.1) is 6.54 Å². The van der Waals surface area contributed by atoms with Crippen molar-refractivity contribution in [3.8, 4) is 0 Å². The maximum atomic E-state index is 11.8. The summed E-state index contributed by atoms with van der Waals surface area (Å²) in [4.78, 5) is 16.0. The molecule has 2 heterocycles. The van der Waals surface area contributed by atoms with E-state index in [1.807, 2.05) is 32.0 Å². The van der Waals surface area contributed by atoms with Gasteiger partial charge in [-0.1, -0.05) is 6.07 Å². The molecule has 0 aliphatic heterocycles. The van der Waals surface area contributed by atoms with Crippen molar-refractivity contribution >= 4 is 5.82 Å². The van der Waals surface area contributed by atoms with E-state index in [-0.39, 0.29) is 5.56 Å². The number of hydrogen-bond acceptors (Lipinski definition) is 3. The molecule has 0 saturated carbocycles. The molecule has 2 aromatic rings. The molecule has 0 aliphatic rings. The van der Waals surface area contributed by atoms with Crippen LogP contribution in [0.15, 0.2) is 41.3 Å². The van der Waals surface area contributed by atoms with E-state index in [0.717, 1.165) is 23.6 Å². The highest BCUT2D eigenvalue weighted by Crippen LogP contribution is 2.08. The predicted octanol–water partition coefficient (Wildman–Crippen LogP) is 2.03. The molecule has 4 heteroatoms. The predicted molar refractivity (Wildman–Crippen MR) is 72.9 cm³/mol. The molecule has 0 saturated heterocycles. The molecular formula is C14H17N3O. The number of pyridine rings is 2. The zero-order valence-electron chi connectivity index (χ0n) is 10.7. The second kappa shape index (κ2) is 5.49.